The van der Waals surface area contributed by atoms with Gasteiger partial charge in [-0.2, -0.15) is 0 Å². The van der Waals surface area contributed by atoms with E-state index in [-0.39, 0.29) is 5.91 Å². The van der Waals surface area contributed by atoms with Gasteiger partial charge in [-0.25, -0.2) is 0 Å². The van der Waals surface area contributed by atoms with Gasteiger partial charge in [0.1, 0.15) is 5.75 Å². The molecule has 1 amide bonds. The van der Waals surface area contributed by atoms with Crippen LogP contribution in [0.1, 0.15) is 17.3 Å². The zero-order chi connectivity index (χ0) is 14.5. The average molecular weight is 274 g/mol. The highest BCUT2D eigenvalue weighted by atomic mass is 16.5. The minimum Gasteiger partial charge on any atom is -0.497 e. The maximum Gasteiger partial charge on any atom is 0.254 e. The van der Waals surface area contributed by atoms with Crippen molar-refractivity contribution in [2.75, 3.05) is 39.8 Å². The van der Waals surface area contributed by atoms with E-state index >= 15 is 0 Å². The van der Waals surface area contributed by atoms with E-state index in [0.717, 1.165) is 44.0 Å². The summed E-state index contributed by atoms with van der Waals surface area (Å²) in [5.41, 5.74) is 1.86. The Bertz CT molecular complexity index is 491. The van der Waals surface area contributed by atoms with Crippen LogP contribution in [0.15, 0.2) is 36.4 Å². The van der Waals surface area contributed by atoms with E-state index in [1.54, 1.807) is 13.2 Å². The van der Waals surface area contributed by atoms with Gasteiger partial charge in [-0.15, -0.1) is 0 Å². The molecule has 1 aromatic rings. The first-order valence-electron chi connectivity index (χ1n) is 6.90. The third-order valence-corrected chi connectivity index (χ3v) is 3.47. The molecule has 0 bridgehead atoms. The Labute approximate surface area is 120 Å². The van der Waals surface area contributed by atoms with Crippen LogP contribution in [0.25, 0.3) is 0 Å². The fourth-order valence-electron chi connectivity index (χ4n) is 2.43. The van der Waals surface area contributed by atoms with Crippen molar-refractivity contribution >= 4 is 5.91 Å². The van der Waals surface area contributed by atoms with Crippen LogP contribution in [0.4, 0.5) is 0 Å². The van der Waals surface area contributed by atoms with Gasteiger partial charge in [-0.1, -0.05) is 18.2 Å². The van der Waals surface area contributed by atoms with Gasteiger partial charge in [0.25, 0.3) is 5.91 Å². The third-order valence-electron chi connectivity index (χ3n) is 3.47. The number of nitrogens with zero attached hydrogens (tertiary/aromatic N) is 2. The van der Waals surface area contributed by atoms with E-state index < -0.39 is 0 Å². The number of methoxy groups -OCH3 is 1. The predicted molar refractivity (Wildman–Crippen MR) is 80.2 cm³/mol. The molecule has 1 aliphatic heterocycles. The van der Waals surface area contributed by atoms with E-state index in [1.807, 2.05) is 30.0 Å². The van der Waals surface area contributed by atoms with Crippen molar-refractivity contribution in [1.82, 2.24) is 9.80 Å². The Morgan fingerprint density at radius 3 is 2.60 bits per heavy atom. The van der Waals surface area contributed by atoms with Crippen molar-refractivity contribution in [2.45, 2.75) is 6.92 Å². The van der Waals surface area contributed by atoms with Crippen LogP contribution in [0, 0.1) is 0 Å². The topological polar surface area (TPSA) is 32.8 Å². The Morgan fingerprint density at radius 1 is 1.30 bits per heavy atom. The van der Waals surface area contributed by atoms with Gasteiger partial charge >= 0.3 is 0 Å². The first kappa shape index (κ1) is 14.6. The molecule has 1 heterocycles. The Kier molecular flexibility index (Phi) is 4.79. The lowest BCUT2D eigenvalue weighted by molar-refractivity contribution is 0.0647. The van der Waals surface area contributed by atoms with Gasteiger partial charge in [0.05, 0.1) is 7.11 Å². The lowest BCUT2D eigenvalue weighted by atomic mass is 10.1. The normalized spacial score (nSPS) is 16.0. The van der Waals surface area contributed by atoms with Crippen LogP contribution >= 0.6 is 0 Å². The molecule has 1 fully saturated rings. The maximum absolute atomic E-state index is 12.4. The molecule has 1 saturated heterocycles. The molecule has 1 aliphatic rings. The summed E-state index contributed by atoms with van der Waals surface area (Å²) < 4.78 is 5.16. The molecule has 2 rings (SSSR count). The lowest BCUT2D eigenvalue weighted by Crippen LogP contribution is -2.48. The molecule has 0 atom stereocenters. The molecular formula is C16H22N2O2. The van der Waals surface area contributed by atoms with E-state index in [0.29, 0.717) is 5.56 Å². The molecule has 0 radical (unpaired) electrons. The number of carbonyl (C=O) groups is 1. The lowest BCUT2D eigenvalue weighted by Gasteiger charge is -2.34. The molecule has 0 unspecified atom stereocenters. The average Bonchev–Trinajstić information content (AvgIpc) is 2.47. The second-order valence-electron chi connectivity index (χ2n) is 5.26. The molecule has 0 spiro atoms. The van der Waals surface area contributed by atoms with E-state index in [9.17, 15) is 4.79 Å². The Hall–Kier alpha value is -1.81. The summed E-state index contributed by atoms with van der Waals surface area (Å²) in [5.74, 6) is 0.802. The molecule has 0 aromatic heterocycles. The fraction of sp³-hybridized carbons (Fsp3) is 0.438. The van der Waals surface area contributed by atoms with Crippen LogP contribution in [0.5, 0.6) is 5.75 Å². The predicted octanol–water partition coefficient (Wildman–Crippen LogP) is 2.03. The molecule has 0 saturated carbocycles. The van der Waals surface area contributed by atoms with Crippen molar-refractivity contribution in [3.63, 3.8) is 0 Å². The first-order chi connectivity index (χ1) is 9.60. The molecule has 20 heavy (non-hydrogen) atoms. The largest absolute Gasteiger partial charge is 0.497 e. The highest BCUT2D eigenvalue weighted by Gasteiger charge is 2.22. The molecule has 4 nitrogen and oxygen atoms in total. The Morgan fingerprint density at radius 2 is 2.00 bits per heavy atom. The van der Waals surface area contributed by atoms with Gasteiger partial charge in [0.2, 0.25) is 0 Å². The number of hydrogen-bond donors (Lipinski definition) is 0. The standard InChI is InChI=1S/C16H22N2O2/c1-13(2)12-17-7-9-18(10-8-17)16(19)14-5-4-6-15(11-14)20-3/h4-6,11H,1,7-10,12H2,2-3H3. The zero-order valence-corrected chi connectivity index (χ0v) is 12.3. The molecule has 0 aliphatic carbocycles. The molecule has 4 heteroatoms. The summed E-state index contributed by atoms with van der Waals surface area (Å²) in [5, 5.41) is 0. The van der Waals surface area contributed by atoms with Crippen molar-refractivity contribution in [1.29, 1.82) is 0 Å². The van der Waals surface area contributed by atoms with Crippen LogP contribution in [-0.2, 0) is 0 Å². The van der Waals surface area contributed by atoms with Crippen LogP contribution < -0.4 is 4.74 Å². The fourth-order valence-corrected chi connectivity index (χ4v) is 2.43. The van der Waals surface area contributed by atoms with Crippen LogP contribution in [0.3, 0.4) is 0 Å². The highest BCUT2D eigenvalue weighted by molar-refractivity contribution is 5.94. The van der Waals surface area contributed by atoms with Gasteiger partial charge < -0.3 is 9.64 Å². The minimum absolute atomic E-state index is 0.0823. The number of rotatable bonds is 4. The molecule has 0 N–H and O–H groups in total. The minimum atomic E-state index is 0.0823. The Balaban J connectivity index is 1.96. The van der Waals surface area contributed by atoms with Crippen molar-refractivity contribution < 1.29 is 9.53 Å². The van der Waals surface area contributed by atoms with E-state index in [4.69, 9.17) is 4.74 Å². The van der Waals surface area contributed by atoms with Gasteiger partial charge in [-0.3, -0.25) is 9.69 Å². The number of amides is 1. The second kappa shape index (κ2) is 6.57. The van der Waals surface area contributed by atoms with Crippen molar-refractivity contribution in [2.24, 2.45) is 0 Å². The number of benzene rings is 1. The summed E-state index contributed by atoms with van der Waals surface area (Å²) in [7, 11) is 1.61. The number of piperazine rings is 1. The smallest absolute Gasteiger partial charge is 0.254 e. The summed E-state index contributed by atoms with van der Waals surface area (Å²) in [6.07, 6.45) is 0. The SMILES string of the molecule is C=C(C)CN1CCN(C(=O)c2cccc(OC)c2)CC1. The number of hydrogen-bond acceptors (Lipinski definition) is 3. The second-order valence-corrected chi connectivity index (χ2v) is 5.26. The first-order valence-corrected chi connectivity index (χ1v) is 6.90. The zero-order valence-electron chi connectivity index (χ0n) is 12.3. The van der Waals surface area contributed by atoms with Crippen molar-refractivity contribution in [3.05, 3.63) is 42.0 Å². The summed E-state index contributed by atoms with van der Waals surface area (Å²) in [6, 6.07) is 7.33. The summed E-state index contributed by atoms with van der Waals surface area (Å²) in [6.45, 7) is 10.2. The molecular weight excluding hydrogens is 252 g/mol. The summed E-state index contributed by atoms with van der Waals surface area (Å²) in [4.78, 5) is 16.7. The van der Waals surface area contributed by atoms with Gasteiger partial charge in [-0.05, 0) is 25.1 Å². The quantitative estimate of drug-likeness (QED) is 0.788. The molecule has 108 valence electrons. The van der Waals surface area contributed by atoms with Crippen LogP contribution in [-0.4, -0.2) is 55.5 Å². The summed E-state index contributed by atoms with van der Waals surface area (Å²) >= 11 is 0. The van der Waals surface area contributed by atoms with E-state index in [2.05, 4.69) is 11.5 Å². The van der Waals surface area contributed by atoms with Crippen molar-refractivity contribution in [3.8, 4) is 5.75 Å². The number of ether oxygens (including phenoxy) is 1. The molecule has 1 aromatic carbocycles. The number of carbonyl (C=O) groups excluding carboxylic acids is 1. The van der Waals surface area contributed by atoms with E-state index in [1.165, 1.54) is 0 Å². The van der Waals surface area contributed by atoms with Gasteiger partial charge in [0.15, 0.2) is 0 Å². The van der Waals surface area contributed by atoms with Gasteiger partial charge in [0, 0.05) is 38.3 Å². The monoisotopic (exact) mass is 274 g/mol. The highest BCUT2D eigenvalue weighted by Crippen LogP contribution is 2.15. The third kappa shape index (κ3) is 3.61. The van der Waals surface area contributed by atoms with Crippen LogP contribution in [0.2, 0.25) is 0 Å². The maximum atomic E-state index is 12.4.